The number of carbonyl (C=O) groups excluding carboxylic acids is 1. The quantitative estimate of drug-likeness (QED) is 0.768. The van der Waals surface area contributed by atoms with Crippen molar-refractivity contribution in [2.45, 2.75) is 38.6 Å². The molecular formula is C14H19ClN2O. The molecule has 2 rings (SSSR count). The highest BCUT2D eigenvalue weighted by molar-refractivity contribution is 6.17. The minimum atomic E-state index is 0.0947. The topological polar surface area (TPSA) is 33.2 Å². The number of alkyl halides is 1. The van der Waals surface area contributed by atoms with Crippen molar-refractivity contribution in [2.24, 2.45) is 0 Å². The fraction of sp³-hybridized carbons (Fsp3) is 0.571. The van der Waals surface area contributed by atoms with Gasteiger partial charge in [0, 0.05) is 30.4 Å². The number of hydrogen-bond acceptors (Lipinski definition) is 2. The van der Waals surface area contributed by atoms with E-state index in [2.05, 4.69) is 4.98 Å². The van der Waals surface area contributed by atoms with Crippen LogP contribution in [0.4, 0.5) is 0 Å². The molecule has 1 fully saturated rings. The molecule has 0 aromatic carbocycles. The Morgan fingerprint density at radius 1 is 1.50 bits per heavy atom. The summed E-state index contributed by atoms with van der Waals surface area (Å²) in [5, 5.41) is 0. The van der Waals surface area contributed by atoms with Gasteiger partial charge in [-0.3, -0.25) is 9.78 Å². The van der Waals surface area contributed by atoms with Crippen molar-refractivity contribution >= 4 is 17.5 Å². The summed E-state index contributed by atoms with van der Waals surface area (Å²) in [7, 11) is 0. The molecular weight excluding hydrogens is 248 g/mol. The highest BCUT2D eigenvalue weighted by Gasteiger charge is 2.28. The van der Waals surface area contributed by atoms with Crippen molar-refractivity contribution < 1.29 is 4.79 Å². The fourth-order valence-corrected chi connectivity index (χ4v) is 2.26. The number of pyridine rings is 1. The first-order chi connectivity index (χ1) is 8.72. The molecule has 1 saturated carbocycles. The molecule has 1 aromatic rings. The minimum absolute atomic E-state index is 0.0947. The predicted molar refractivity (Wildman–Crippen MR) is 73.0 cm³/mol. The van der Waals surface area contributed by atoms with E-state index in [0.717, 1.165) is 31.5 Å². The van der Waals surface area contributed by atoms with Crippen molar-refractivity contribution in [3.63, 3.8) is 0 Å². The van der Waals surface area contributed by atoms with E-state index in [1.807, 2.05) is 24.0 Å². The van der Waals surface area contributed by atoms with Gasteiger partial charge in [-0.15, -0.1) is 11.6 Å². The second-order valence-corrected chi connectivity index (χ2v) is 5.19. The third-order valence-electron chi connectivity index (χ3n) is 3.47. The highest BCUT2D eigenvalue weighted by Crippen LogP contribution is 2.26. The molecule has 0 spiro atoms. The van der Waals surface area contributed by atoms with Crippen molar-refractivity contribution in [3.8, 4) is 0 Å². The van der Waals surface area contributed by atoms with E-state index in [1.54, 1.807) is 6.20 Å². The Hall–Kier alpha value is -1.09. The zero-order valence-corrected chi connectivity index (χ0v) is 11.5. The van der Waals surface area contributed by atoms with Crippen molar-refractivity contribution in [2.75, 3.05) is 12.4 Å². The average molecular weight is 267 g/mol. The number of rotatable bonds is 5. The number of aromatic nitrogens is 1. The van der Waals surface area contributed by atoms with E-state index in [-0.39, 0.29) is 5.91 Å². The highest BCUT2D eigenvalue weighted by atomic mass is 35.5. The van der Waals surface area contributed by atoms with Gasteiger partial charge in [-0.25, -0.2) is 0 Å². The first-order valence-electron chi connectivity index (χ1n) is 6.52. The Kier molecular flexibility index (Phi) is 4.59. The molecule has 0 radical (unpaired) electrons. The van der Waals surface area contributed by atoms with E-state index < -0.39 is 0 Å². The Labute approximate surface area is 113 Å². The molecule has 1 aliphatic rings. The van der Waals surface area contributed by atoms with E-state index >= 15 is 0 Å². The van der Waals surface area contributed by atoms with E-state index in [9.17, 15) is 4.79 Å². The molecule has 1 aliphatic carbocycles. The molecule has 0 unspecified atom stereocenters. The number of amides is 1. The van der Waals surface area contributed by atoms with Crippen molar-refractivity contribution in [1.82, 2.24) is 9.88 Å². The van der Waals surface area contributed by atoms with E-state index in [4.69, 9.17) is 11.6 Å². The molecule has 98 valence electrons. The number of aryl methyl sites for hydroxylation is 1. The summed E-state index contributed by atoms with van der Waals surface area (Å²) in [5.41, 5.74) is 1.62. The van der Waals surface area contributed by atoms with Gasteiger partial charge in [0.05, 0.1) is 5.56 Å². The van der Waals surface area contributed by atoms with Crippen LogP contribution in [0.2, 0.25) is 0 Å². The van der Waals surface area contributed by atoms with Gasteiger partial charge in [-0.2, -0.15) is 0 Å². The van der Waals surface area contributed by atoms with Gasteiger partial charge in [-0.1, -0.05) is 0 Å². The largest absolute Gasteiger partial charge is 0.336 e. The third kappa shape index (κ3) is 3.02. The van der Waals surface area contributed by atoms with Crippen LogP contribution in [0.15, 0.2) is 18.3 Å². The second-order valence-electron chi connectivity index (χ2n) is 4.81. The summed E-state index contributed by atoms with van der Waals surface area (Å²) < 4.78 is 0. The van der Waals surface area contributed by atoms with Gasteiger partial charge in [0.2, 0.25) is 0 Å². The van der Waals surface area contributed by atoms with Gasteiger partial charge < -0.3 is 4.90 Å². The zero-order chi connectivity index (χ0) is 13.0. The molecule has 0 atom stereocenters. The van der Waals surface area contributed by atoms with Crippen LogP contribution < -0.4 is 0 Å². The lowest BCUT2D eigenvalue weighted by molar-refractivity contribution is 0.0580. The summed E-state index contributed by atoms with van der Waals surface area (Å²) >= 11 is 5.73. The third-order valence-corrected chi connectivity index (χ3v) is 3.73. The molecule has 0 N–H and O–H groups in total. The summed E-state index contributed by atoms with van der Waals surface area (Å²) in [6, 6.07) is 4.15. The lowest BCUT2D eigenvalue weighted by Crippen LogP contribution is -2.44. The SMILES string of the molecule is Cc1ccc(C(=O)N(CCCCl)C2CCC2)cn1. The van der Waals surface area contributed by atoms with Gasteiger partial charge in [-0.05, 0) is 44.7 Å². The smallest absolute Gasteiger partial charge is 0.255 e. The monoisotopic (exact) mass is 266 g/mol. The van der Waals surface area contributed by atoms with Crippen LogP contribution in [0.3, 0.4) is 0 Å². The molecule has 4 heteroatoms. The van der Waals surface area contributed by atoms with Crippen LogP contribution in [-0.2, 0) is 0 Å². The van der Waals surface area contributed by atoms with Crippen LogP contribution in [0.5, 0.6) is 0 Å². The van der Waals surface area contributed by atoms with Gasteiger partial charge >= 0.3 is 0 Å². The van der Waals surface area contributed by atoms with Crippen LogP contribution >= 0.6 is 11.6 Å². The van der Waals surface area contributed by atoms with Crippen LogP contribution in [0, 0.1) is 6.92 Å². The molecule has 1 amide bonds. The Bertz CT molecular complexity index is 401. The molecule has 0 saturated heterocycles. The van der Waals surface area contributed by atoms with Crippen LogP contribution in [0.25, 0.3) is 0 Å². The molecule has 0 bridgehead atoms. The maximum atomic E-state index is 12.4. The van der Waals surface area contributed by atoms with Gasteiger partial charge in [0.15, 0.2) is 0 Å². The molecule has 1 heterocycles. The molecule has 3 nitrogen and oxygen atoms in total. The lowest BCUT2D eigenvalue weighted by atomic mass is 9.91. The van der Waals surface area contributed by atoms with E-state index in [1.165, 1.54) is 6.42 Å². The molecule has 0 aliphatic heterocycles. The Morgan fingerprint density at radius 2 is 2.28 bits per heavy atom. The van der Waals surface area contributed by atoms with E-state index in [0.29, 0.717) is 17.5 Å². The Morgan fingerprint density at radius 3 is 2.78 bits per heavy atom. The maximum Gasteiger partial charge on any atom is 0.255 e. The summed E-state index contributed by atoms with van der Waals surface area (Å²) in [4.78, 5) is 18.6. The average Bonchev–Trinajstić information content (AvgIpc) is 2.32. The minimum Gasteiger partial charge on any atom is -0.336 e. The van der Waals surface area contributed by atoms with Crippen LogP contribution in [0.1, 0.15) is 41.7 Å². The number of hydrogen-bond donors (Lipinski definition) is 0. The summed E-state index contributed by atoms with van der Waals surface area (Å²) in [5.74, 6) is 0.695. The zero-order valence-electron chi connectivity index (χ0n) is 10.7. The van der Waals surface area contributed by atoms with Crippen LogP contribution in [-0.4, -0.2) is 34.3 Å². The molecule has 1 aromatic heterocycles. The molecule has 18 heavy (non-hydrogen) atoms. The fourth-order valence-electron chi connectivity index (χ4n) is 2.14. The van der Waals surface area contributed by atoms with Crippen molar-refractivity contribution in [1.29, 1.82) is 0 Å². The lowest BCUT2D eigenvalue weighted by Gasteiger charge is -2.37. The standard InChI is InChI=1S/C14H19ClN2O/c1-11-6-7-12(10-16-11)14(18)17(9-3-8-15)13-4-2-5-13/h6-7,10,13H,2-5,8-9H2,1H3. The predicted octanol–water partition coefficient (Wildman–Crippen LogP) is 3.01. The number of halogens is 1. The maximum absolute atomic E-state index is 12.4. The van der Waals surface area contributed by atoms with Gasteiger partial charge in [0.25, 0.3) is 5.91 Å². The van der Waals surface area contributed by atoms with Gasteiger partial charge in [0.1, 0.15) is 0 Å². The first-order valence-corrected chi connectivity index (χ1v) is 7.05. The summed E-state index contributed by atoms with van der Waals surface area (Å²) in [6.45, 7) is 2.67. The number of carbonyl (C=O) groups is 1. The van der Waals surface area contributed by atoms with Crippen molar-refractivity contribution in [3.05, 3.63) is 29.6 Å². The summed E-state index contributed by atoms with van der Waals surface area (Å²) in [6.07, 6.45) is 5.98. The first kappa shape index (κ1) is 13.3. The normalized spacial score (nSPS) is 15.2. The number of nitrogens with zero attached hydrogens (tertiary/aromatic N) is 2. The second kappa shape index (κ2) is 6.19. The Balaban J connectivity index is 2.08.